The molecule has 0 bridgehead atoms. The van der Waals surface area contributed by atoms with Crippen LogP contribution in [0.1, 0.15) is 39.5 Å². The van der Waals surface area contributed by atoms with Gasteiger partial charge in [-0.15, -0.1) is 0 Å². The van der Waals surface area contributed by atoms with Crippen LogP contribution in [0.15, 0.2) is 0 Å². The lowest BCUT2D eigenvalue weighted by atomic mass is 9.96. The highest BCUT2D eigenvalue weighted by atomic mass is 16.3. The summed E-state index contributed by atoms with van der Waals surface area (Å²) in [7, 11) is 0. The zero-order chi connectivity index (χ0) is 8.69. The second-order valence-corrected chi connectivity index (χ2v) is 3.10. The molecule has 0 aliphatic rings. The summed E-state index contributed by atoms with van der Waals surface area (Å²) in [6.45, 7) is 4.24. The van der Waals surface area contributed by atoms with E-state index >= 15 is 0 Å². The molecular formula is C9H20O2. The lowest BCUT2D eigenvalue weighted by Crippen LogP contribution is -2.13. The van der Waals surface area contributed by atoms with Crippen molar-refractivity contribution in [3.05, 3.63) is 0 Å². The predicted molar refractivity (Wildman–Crippen MR) is 46.4 cm³/mol. The van der Waals surface area contributed by atoms with Crippen molar-refractivity contribution in [2.75, 3.05) is 6.61 Å². The number of hydrogen-bond acceptors (Lipinski definition) is 2. The van der Waals surface area contributed by atoms with Gasteiger partial charge in [-0.3, -0.25) is 0 Å². The van der Waals surface area contributed by atoms with Gasteiger partial charge in [-0.1, -0.05) is 26.7 Å². The van der Waals surface area contributed by atoms with Crippen LogP contribution in [0.4, 0.5) is 0 Å². The Hall–Kier alpha value is -0.0800. The molecule has 0 aliphatic carbocycles. The lowest BCUT2D eigenvalue weighted by molar-refractivity contribution is 0.0821. The van der Waals surface area contributed by atoms with Crippen molar-refractivity contribution in [3.63, 3.8) is 0 Å². The fraction of sp³-hybridized carbons (Fsp3) is 1.00. The molecule has 0 amide bonds. The molecule has 1 atom stereocenters. The molecule has 0 saturated heterocycles. The number of aliphatic hydroxyl groups excluding tert-OH is 2. The van der Waals surface area contributed by atoms with Crippen molar-refractivity contribution in [1.29, 1.82) is 0 Å². The van der Waals surface area contributed by atoms with Gasteiger partial charge >= 0.3 is 0 Å². The summed E-state index contributed by atoms with van der Waals surface area (Å²) < 4.78 is 0. The minimum atomic E-state index is -0.504. The van der Waals surface area contributed by atoms with Crippen LogP contribution in [0.25, 0.3) is 0 Å². The van der Waals surface area contributed by atoms with Gasteiger partial charge in [0.05, 0.1) is 12.7 Å². The number of aliphatic hydroxyl groups is 2. The molecule has 0 rings (SSSR count). The Morgan fingerprint density at radius 3 is 2.00 bits per heavy atom. The highest BCUT2D eigenvalue weighted by Crippen LogP contribution is 2.15. The van der Waals surface area contributed by atoms with E-state index in [2.05, 4.69) is 13.8 Å². The molecule has 68 valence electrons. The quantitative estimate of drug-likeness (QED) is 0.619. The van der Waals surface area contributed by atoms with Crippen molar-refractivity contribution in [1.82, 2.24) is 0 Å². The van der Waals surface area contributed by atoms with Crippen molar-refractivity contribution < 1.29 is 10.2 Å². The molecule has 0 spiro atoms. The molecule has 1 unspecified atom stereocenters. The maximum Gasteiger partial charge on any atom is 0.0771 e. The van der Waals surface area contributed by atoms with Crippen LogP contribution in [-0.2, 0) is 0 Å². The standard InChI is InChI=1S/C9H20O2/c1-3-8(4-2)5-6-9(11)7-10/h8-11H,3-7H2,1-2H3. The van der Waals surface area contributed by atoms with Crippen molar-refractivity contribution in [2.45, 2.75) is 45.6 Å². The summed E-state index contributed by atoms with van der Waals surface area (Å²) in [5.74, 6) is 0.719. The minimum absolute atomic E-state index is 0.0971. The van der Waals surface area contributed by atoms with E-state index in [1.807, 2.05) is 0 Å². The first kappa shape index (κ1) is 10.9. The number of hydrogen-bond donors (Lipinski definition) is 2. The van der Waals surface area contributed by atoms with Crippen LogP contribution in [0.3, 0.4) is 0 Å². The first-order valence-electron chi connectivity index (χ1n) is 4.53. The molecule has 2 heteroatoms. The molecule has 2 nitrogen and oxygen atoms in total. The molecule has 2 N–H and O–H groups in total. The second kappa shape index (κ2) is 6.62. The maximum atomic E-state index is 9.05. The normalized spacial score (nSPS) is 13.9. The molecular weight excluding hydrogens is 140 g/mol. The van der Waals surface area contributed by atoms with Gasteiger partial charge in [-0.25, -0.2) is 0 Å². The first-order valence-corrected chi connectivity index (χ1v) is 4.53. The fourth-order valence-corrected chi connectivity index (χ4v) is 1.22. The highest BCUT2D eigenvalue weighted by Gasteiger charge is 2.07. The fourth-order valence-electron chi connectivity index (χ4n) is 1.22. The van der Waals surface area contributed by atoms with E-state index in [1.165, 1.54) is 12.8 Å². The summed E-state index contributed by atoms with van der Waals surface area (Å²) in [6, 6.07) is 0. The summed E-state index contributed by atoms with van der Waals surface area (Å²) >= 11 is 0. The van der Waals surface area contributed by atoms with Gasteiger partial charge in [0.25, 0.3) is 0 Å². The Morgan fingerprint density at radius 1 is 1.09 bits per heavy atom. The van der Waals surface area contributed by atoms with E-state index in [-0.39, 0.29) is 6.61 Å². The first-order chi connectivity index (χ1) is 5.24. The Bertz CT molecular complexity index is 79.6. The van der Waals surface area contributed by atoms with Gasteiger partial charge < -0.3 is 10.2 Å². The highest BCUT2D eigenvalue weighted by molar-refractivity contribution is 4.59. The van der Waals surface area contributed by atoms with Gasteiger partial charge in [0.2, 0.25) is 0 Å². The van der Waals surface area contributed by atoms with Crippen molar-refractivity contribution in [2.24, 2.45) is 5.92 Å². The van der Waals surface area contributed by atoms with Crippen molar-refractivity contribution in [3.8, 4) is 0 Å². The topological polar surface area (TPSA) is 40.5 Å². The summed E-state index contributed by atoms with van der Waals surface area (Å²) in [5.41, 5.74) is 0. The van der Waals surface area contributed by atoms with Gasteiger partial charge in [0.1, 0.15) is 0 Å². The van der Waals surface area contributed by atoms with Gasteiger partial charge in [-0.2, -0.15) is 0 Å². The molecule has 0 saturated carbocycles. The minimum Gasteiger partial charge on any atom is -0.394 e. The van der Waals surface area contributed by atoms with Crippen LogP contribution in [0.2, 0.25) is 0 Å². The predicted octanol–water partition coefficient (Wildman–Crippen LogP) is 1.56. The molecule has 0 aromatic heterocycles. The third kappa shape index (κ3) is 5.22. The van der Waals surface area contributed by atoms with E-state index in [0.29, 0.717) is 0 Å². The zero-order valence-electron chi connectivity index (χ0n) is 7.58. The van der Waals surface area contributed by atoms with Gasteiger partial charge in [-0.05, 0) is 18.8 Å². The summed E-state index contributed by atoms with van der Waals surface area (Å²) in [4.78, 5) is 0. The van der Waals surface area contributed by atoms with Crippen molar-refractivity contribution >= 4 is 0 Å². The smallest absolute Gasteiger partial charge is 0.0771 e. The molecule has 0 aromatic rings. The zero-order valence-corrected chi connectivity index (χ0v) is 7.58. The second-order valence-electron chi connectivity index (χ2n) is 3.10. The Kier molecular flexibility index (Phi) is 6.57. The maximum absolute atomic E-state index is 9.05. The summed E-state index contributed by atoms with van der Waals surface area (Å²) in [6.07, 6.45) is 3.62. The average Bonchev–Trinajstić information content (AvgIpc) is 2.06. The molecule has 0 radical (unpaired) electrons. The third-order valence-electron chi connectivity index (χ3n) is 2.27. The van der Waals surface area contributed by atoms with Crippen LogP contribution in [0.5, 0.6) is 0 Å². The lowest BCUT2D eigenvalue weighted by Gasteiger charge is -2.13. The van der Waals surface area contributed by atoms with Crippen LogP contribution in [-0.4, -0.2) is 22.9 Å². The molecule has 0 aromatic carbocycles. The van der Waals surface area contributed by atoms with E-state index < -0.39 is 6.10 Å². The molecule has 0 fully saturated rings. The number of rotatable bonds is 6. The molecule has 0 aliphatic heterocycles. The van der Waals surface area contributed by atoms with Crippen LogP contribution in [0, 0.1) is 5.92 Å². The van der Waals surface area contributed by atoms with E-state index in [4.69, 9.17) is 10.2 Å². The Morgan fingerprint density at radius 2 is 1.64 bits per heavy atom. The Labute approximate surface area is 69.2 Å². The van der Waals surface area contributed by atoms with E-state index in [9.17, 15) is 0 Å². The molecule has 0 heterocycles. The summed E-state index contributed by atoms with van der Waals surface area (Å²) in [5, 5.41) is 17.6. The monoisotopic (exact) mass is 160 g/mol. The van der Waals surface area contributed by atoms with Gasteiger partial charge in [0, 0.05) is 0 Å². The van der Waals surface area contributed by atoms with Crippen LogP contribution < -0.4 is 0 Å². The SMILES string of the molecule is CCC(CC)CCC(O)CO. The third-order valence-corrected chi connectivity index (χ3v) is 2.27. The van der Waals surface area contributed by atoms with E-state index in [0.717, 1.165) is 18.8 Å². The van der Waals surface area contributed by atoms with Gasteiger partial charge in [0.15, 0.2) is 0 Å². The van der Waals surface area contributed by atoms with Crippen LogP contribution >= 0.6 is 0 Å². The Balaban J connectivity index is 3.34. The average molecular weight is 160 g/mol. The largest absolute Gasteiger partial charge is 0.394 e. The molecule has 11 heavy (non-hydrogen) atoms. The van der Waals surface area contributed by atoms with E-state index in [1.54, 1.807) is 0 Å².